The summed E-state index contributed by atoms with van der Waals surface area (Å²) in [5, 5.41) is 0. The summed E-state index contributed by atoms with van der Waals surface area (Å²) >= 11 is 0. The van der Waals surface area contributed by atoms with Crippen LogP contribution in [0.3, 0.4) is 0 Å². The molecule has 0 saturated carbocycles. The maximum atomic E-state index is 0. The van der Waals surface area contributed by atoms with Gasteiger partial charge in [-0.2, -0.15) is 0 Å². The Hall–Kier alpha value is 1.46. The maximum absolute atomic E-state index is 0. The predicted molar refractivity (Wildman–Crippen MR) is 22.1 cm³/mol. The Morgan fingerprint density at radius 2 is 0.500 bits per heavy atom. The van der Waals surface area contributed by atoms with Gasteiger partial charge in [-0.05, 0) is 0 Å². The third-order valence-electron chi connectivity index (χ3n) is 0. The fourth-order valence-corrected chi connectivity index (χ4v) is 0. The molecule has 0 aromatic rings. The summed E-state index contributed by atoms with van der Waals surface area (Å²) in [6, 6.07) is 0. The number of rotatable bonds is 0. The van der Waals surface area contributed by atoms with Gasteiger partial charge >= 0.3 is 47.8 Å². The van der Waals surface area contributed by atoms with Crippen LogP contribution in [0, 0.1) is 0 Å². The van der Waals surface area contributed by atoms with E-state index in [9.17, 15) is 0 Å². The van der Waals surface area contributed by atoms with Crippen molar-refractivity contribution in [2.24, 2.45) is 0 Å². The summed E-state index contributed by atoms with van der Waals surface area (Å²) < 4.78 is 0. The molecule has 0 saturated heterocycles. The molecule has 0 nitrogen and oxygen atoms in total. The van der Waals surface area contributed by atoms with Crippen molar-refractivity contribution < 1.29 is 9.41 Å². The van der Waals surface area contributed by atoms with Gasteiger partial charge in [0, 0.05) is 0 Å². The van der Waals surface area contributed by atoms with Gasteiger partial charge in [-0.3, -0.25) is 9.41 Å². The van der Waals surface area contributed by atoms with Gasteiger partial charge in [-0.1, -0.05) is 0 Å². The standard InChI is InChI=1S/2FH.2Sn.4H/h2*1H;;;;;;. The van der Waals surface area contributed by atoms with Crippen LogP contribution in [0.5, 0.6) is 0 Å². The Labute approximate surface area is 57.0 Å². The number of hydrogen-bond donors (Lipinski definition) is 0. The Balaban J connectivity index is 0. The van der Waals surface area contributed by atoms with E-state index in [-0.39, 0.29) is 57.2 Å². The summed E-state index contributed by atoms with van der Waals surface area (Å²) in [5.74, 6) is 0. The van der Waals surface area contributed by atoms with E-state index < -0.39 is 0 Å². The topological polar surface area (TPSA) is 0 Å². The molecule has 0 heterocycles. The Kier molecular flexibility index (Phi) is 320. The van der Waals surface area contributed by atoms with Gasteiger partial charge in [0.1, 0.15) is 0 Å². The van der Waals surface area contributed by atoms with Gasteiger partial charge in [0.15, 0.2) is 0 Å². The van der Waals surface area contributed by atoms with E-state index >= 15 is 0 Å². The minimum atomic E-state index is 0. The van der Waals surface area contributed by atoms with Crippen LogP contribution in [-0.2, 0) is 0 Å². The van der Waals surface area contributed by atoms with Crippen LogP contribution in [0.15, 0.2) is 0 Å². The molecule has 0 unspecified atom stereocenters. The quantitative estimate of drug-likeness (QED) is 0.473. The molecule has 0 aliphatic carbocycles. The zero-order valence-electron chi connectivity index (χ0n) is 2.23. The zero-order valence-corrected chi connectivity index (χ0v) is 10.3. The van der Waals surface area contributed by atoms with Gasteiger partial charge in [-0.25, -0.2) is 0 Å². The summed E-state index contributed by atoms with van der Waals surface area (Å²) in [6.07, 6.45) is 0. The van der Waals surface area contributed by atoms with Gasteiger partial charge in [-0.15, -0.1) is 0 Å². The van der Waals surface area contributed by atoms with Crippen molar-refractivity contribution in [3.05, 3.63) is 0 Å². The SMILES string of the molecule is F.F.[SnH2].[SnH2]. The second kappa shape index (κ2) is 25.1. The molecule has 0 atom stereocenters. The summed E-state index contributed by atoms with van der Waals surface area (Å²) in [5.41, 5.74) is 0. The van der Waals surface area contributed by atoms with Crippen LogP contribution in [0.4, 0.5) is 9.41 Å². The molecule has 28 valence electrons. The van der Waals surface area contributed by atoms with Crippen molar-refractivity contribution in [1.82, 2.24) is 0 Å². The van der Waals surface area contributed by atoms with Crippen LogP contribution >= 0.6 is 0 Å². The van der Waals surface area contributed by atoms with E-state index in [4.69, 9.17) is 0 Å². The number of hydrogen-bond acceptors (Lipinski definition) is 0. The molecule has 0 rings (SSSR count). The molecule has 0 amide bonds. The summed E-state index contributed by atoms with van der Waals surface area (Å²) in [6.45, 7) is 0. The fraction of sp³-hybridized carbons (Fsp3) is 0. The zero-order chi connectivity index (χ0) is 0. The van der Waals surface area contributed by atoms with Gasteiger partial charge in [0.05, 0.1) is 0 Å². The normalized spacial score (nSPS) is 0. The molecule has 4 heavy (non-hydrogen) atoms. The molecule has 4 radical (unpaired) electrons. The molecule has 4 heteroatoms. The van der Waals surface area contributed by atoms with Crippen molar-refractivity contribution in [3.63, 3.8) is 0 Å². The molecule has 0 bridgehead atoms. The van der Waals surface area contributed by atoms with E-state index in [1.165, 1.54) is 0 Å². The van der Waals surface area contributed by atoms with Crippen LogP contribution in [0.2, 0.25) is 0 Å². The second-order valence-corrected chi connectivity index (χ2v) is 0. The van der Waals surface area contributed by atoms with E-state index in [2.05, 4.69) is 0 Å². The molecule has 0 N–H and O–H groups in total. The van der Waals surface area contributed by atoms with Crippen molar-refractivity contribution in [2.45, 2.75) is 0 Å². The Morgan fingerprint density at radius 1 is 0.500 bits per heavy atom. The van der Waals surface area contributed by atoms with E-state index in [0.29, 0.717) is 0 Å². The van der Waals surface area contributed by atoms with E-state index in [1.807, 2.05) is 0 Å². The molecule has 0 aromatic heterocycles. The average molecular weight is 281 g/mol. The molecule has 0 aliphatic heterocycles. The molecular weight excluding hydrogens is 275 g/mol. The Bertz CT molecular complexity index is 4.00. The van der Waals surface area contributed by atoms with Crippen molar-refractivity contribution in [3.8, 4) is 0 Å². The monoisotopic (exact) mass is 284 g/mol. The van der Waals surface area contributed by atoms with Crippen LogP contribution in [0.25, 0.3) is 0 Å². The molecule has 0 fully saturated rings. The van der Waals surface area contributed by atoms with Crippen molar-refractivity contribution >= 4 is 47.8 Å². The van der Waals surface area contributed by atoms with Crippen LogP contribution in [-0.4, -0.2) is 47.8 Å². The molecule has 0 aliphatic rings. The van der Waals surface area contributed by atoms with E-state index in [0.717, 1.165) is 0 Å². The first-order chi connectivity index (χ1) is 0. The van der Waals surface area contributed by atoms with Crippen molar-refractivity contribution in [2.75, 3.05) is 0 Å². The first kappa shape index (κ1) is 51.0. The summed E-state index contributed by atoms with van der Waals surface area (Å²) in [4.78, 5) is 0. The van der Waals surface area contributed by atoms with Gasteiger partial charge < -0.3 is 0 Å². The second-order valence-electron chi connectivity index (χ2n) is 0. The number of halogens is 2. The molecular formula is H6F2Sn2. The van der Waals surface area contributed by atoms with Crippen LogP contribution < -0.4 is 0 Å². The average Bonchev–Trinajstić information content (AvgIpc) is 0. The first-order valence-electron chi connectivity index (χ1n) is 0. The summed E-state index contributed by atoms with van der Waals surface area (Å²) in [7, 11) is 0. The molecule has 0 spiro atoms. The van der Waals surface area contributed by atoms with Gasteiger partial charge in [0.2, 0.25) is 0 Å². The van der Waals surface area contributed by atoms with Crippen LogP contribution in [0.1, 0.15) is 0 Å². The van der Waals surface area contributed by atoms with Crippen molar-refractivity contribution in [1.29, 1.82) is 0 Å². The third kappa shape index (κ3) is 9.83. The Morgan fingerprint density at radius 3 is 0.500 bits per heavy atom. The fourth-order valence-electron chi connectivity index (χ4n) is 0. The molecule has 0 aromatic carbocycles. The van der Waals surface area contributed by atoms with Gasteiger partial charge in [0.25, 0.3) is 0 Å². The minimum absolute atomic E-state index is 0. The third-order valence-corrected chi connectivity index (χ3v) is 0. The van der Waals surface area contributed by atoms with E-state index in [1.54, 1.807) is 0 Å². The predicted octanol–water partition coefficient (Wildman–Crippen LogP) is -1.53. The first-order valence-corrected chi connectivity index (χ1v) is 0.